The first kappa shape index (κ1) is 12.6. The van der Waals surface area contributed by atoms with Gasteiger partial charge in [-0.05, 0) is 61.4 Å². The minimum atomic E-state index is -0.357. The Balaban J connectivity index is 2.53. The number of hydrogen-bond donors (Lipinski definition) is 1. The number of benzene rings is 1. The topological polar surface area (TPSA) is 43.1 Å². The molecule has 0 atom stereocenters. The van der Waals surface area contributed by atoms with Gasteiger partial charge in [0, 0.05) is 5.56 Å². The van der Waals surface area contributed by atoms with Gasteiger partial charge in [-0.25, -0.2) is 0 Å². The number of allylic oxidation sites excluding steroid dienone is 3. The molecule has 0 bridgehead atoms. The van der Waals surface area contributed by atoms with Gasteiger partial charge in [-0.3, -0.25) is 4.79 Å². The number of hydrogen-bond acceptors (Lipinski definition) is 1. The normalized spacial score (nSPS) is 15.1. The van der Waals surface area contributed by atoms with E-state index in [1.54, 1.807) is 0 Å². The Kier molecular flexibility index (Phi) is 3.66. The van der Waals surface area contributed by atoms with E-state index in [2.05, 4.69) is 12.7 Å². The molecular formula is C16H19NO. The molecule has 1 aromatic carbocycles. The van der Waals surface area contributed by atoms with Gasteiger partial charge in [-0.15, -0.1) is 0 Å². The molecule has 2 rings (SSSR count). The van der Waals surface area contributed by atoms with E-state index in [0.29, 0.717) is 5.56 Å². The van der Waals surface area contributed by atoms with E-state index in [4.69, 9.17) is 5.73 Å². The average Bonchev–Trinajstić information content (AvgIpc) is 2.39. The van der Waals surface area contributed by atoms with Crippen molar-refractivity contribution in [1.29, 1.82) is 0 Å². The zero-order valence-corrected chi connectivity index (χ0v) is 10.8. The first-order valence-electron chi connectivity index (χ1n) is 6.38. The smallest absolute Gasteiger partial charge is 0.249 e. The molecule has 2 nitrogen and oxygen atoms in total. The molecule has 0 aliphatic heterocycles. The molecule has 1 aliphatic carbocycles. The fraction of sp³-hybridized carbons (Fsp3) is 0.312. The quantitative estimate of drug-likeness (QED) is 0.859. The van der Waals surface area contributed by atoms with Gasteiger partial charge in [-0.2, -0.15) is 0 Å². The zero-order valence-electron chi connectivity index (χ0n) is 10.8. The molecule has 1 aromatic rings. The van der Waals surface area contributed by atoms with Crippen LogP contribution in [0, 0.1) is 0 Å². The highest BCUT2D eigenvalue weighted by molar-refractivity contribution is 5.98. The van der Waals surface area contributed by atoms with Crippen molar-refractivity contribution in [1.82, 2.24) is 0 Å². The Morgan fingerprint density at radius 2 is 2.11 bits per heavy atom. The van der Waals surface area contributed by atoms with Crippen LogP contribution in [0.1, 0.15) is 54.1 Å². The van der Waals surface area contributed by atoms with Gasteiger partial charge in [0.15, 0.2) is 0 Å². The SMILES string of the molecule is C=C(C)c1ccc(C(N)=O)c(C2=CCCCC2)c1. The van der Waals surface area contributed by atoms with Crippen molar-refractivity contribution in [2.24, 2.45) is 5.73 Å². The second-order valence-corrected chi connectivity index (χ2v) is 4.88. The number of carbonyl (C=O) groups excluding carboxylic acids is 1. The molecule has 18 heavy (non-hydrogen) atoms. The molecule has 1 aliphatic rings. The van der Waals surface area contributed by atoms with E-state index >= 15 is 0 Å². The molecule has 1 amide bonds. The van der Waals surface area contributed by atoms with Gasteiger partial charge in [-0.1, -0.05) is 24.3 Å². The van der Waals surface area contributed by atoms with Gasteiger partial charge in [0.1, 0.15) is 0 Å². The summed E-state index contributed by atoms with van der Waals surface area (Å²) in [6, 6.07) is 5.77. The minimum Gasteiger partial charge on any atom is -0.366 e. The van der Waals surface area contributed by atoms with Crippen molar-refractivity contribution in [3.05, 3.63) is 47.5 Å². The van der Waals surface area contributed by atoms with Gasteiger partial charge in [0.2, 0.25) is 5.91 Å². The van der Waals surface area contributed by atoms with Crippen LogP contribution in [0.4, 0.5) is 0 Å². The molecule has 0 saturated carbocycles. The van der Waals surface area contributed by atoms with Crippen molar-refractivity contribution in [2.45, 2.75) is 32.6 Å². The van der Waals surface area contributed by atoms with Crippen LogP contribution < -0.4 is 5.73 Å². The van der Waals surface area contributed by atoms with Crippen LogP contribution in [0.3, 0.4) is 0 Å². The van der Waals surface area contributed by atoms with Gasteiger partial charge < -0.3 is 5.73 Å². The molecule has 0 fully saturated rings. The summed E-state index contributed by atoms with van der Waals surface area (Å²) in [5.74, 6) is -0.357. The zero-order chi connectivity index (χ0) is 13.1. The lowest BCUT2D eigenvalue weighted by Gasteiger charge is -2.16. The van der Waals surface area contributed by atoms with Crippen molar-refractivity contribution in [3.8, 4) is 0 Å². The van der Waals surface area contributed by atoms with Crippen molar-refractivity contribution >= 4 is 17.1 Å². The van der Waals surface area contributed by atoms with Crippen LogP contribution in [0.2, 0.25) is 0 Å². The van der Waals surface area contributed by atoms with E-state index in [1.165, 1.54) is 18.4 Å². The van der Waals surface area contributed by atoms with Crippen LogP contribution in [0.25, 0.3) is 11.1 Å². The predicted octanol–water partition coefficient (Wildman–Crippen LogP) is 3.78. The highest BCUT2D eigenvalue weighted by Gasteiger charge is 2.14. The summed E-state index contributed by atoms with van der Waals surface area (Å²) in [4.78, 5) is 11.5. The third kappa shape index (κ3) is 2.53. The van der Waals surface area contributed by atoms with Crippen LogP contribution >= 0.6 is 0 Å². The van der Waals surface area contributed by atoms with Gasteiger partial charge >= 0.3 is 0 Å². The van der Waals surface area contributed by atoms with Crippen LogP contribution in [-0.4, -0.2) is 5.91 Å². The first-order valence-corrected chi connectivity index (χ1v) is 6.38. The van der Waals surface area contributed by atoms with Crippen molar-refractivity contribution < 1.29 is 4.79 Å². The maximum absolute atomic E-state index is 11.5. The van der Waals surface area contributed by atoms with E-state index < -0.39 is 0 Å². The van der Waals surface area contributed by atoms with Crippen LogP contribution in [-0.2, 0) is 0 Å². The van der Waals surface area contributed by atoms with Crippen LogP contribution in [0.15, 0.2) is 30.9 Å². The summed E-state index contributed by atoms with van der Waals surface area (Å²) in [6.07, 6.45) is 6.76. The number of carbonyl (C=O) groups is 1. The molecule has 0 saturated heterocycles. The number of nitrogens with two attached hydrogens (primary N) is 1. The maximum Gasteiger partial charge on any atom is 0.249 e. The molecule has 2 heteroatoms. The Hall–Kier alpha value is -1.83. The number of rotatable bonds is 3. The molecule has 0 unspecified atom stereocenters. The van der Waals surface area contributed by atoms with Crippen molar-refractivity contribution in [2.75, 3.05) is 0 Å². The lowest BCUT2D eigenvalue weighted by molar-refractivity contribution is 0.1000. The molecule has 94 valence electrons. The Morgan fingerprint density at radius 1 is 1.33 bits per heavy atom. The van der Waals surface area contributed by atoms with E-state index in [-0.39, 0.29) is 5.91 Å². The Labute approximate surface area is 108 Å². The van der Waals surface area contributed by atoms with Crippen molar-refractivity contribution in [3.63, 3.8) is 0 Å². The van der Waals surface area contributed by atoms with Gasteiger partial charge in [0.05, 0.1) is 0 Å². The molecule has 2 N–H and O–H groups in total. The third-order valence-corrected chi connectivity index (χ3v) is 3.41. The second-order valence-electron chi connectivity index (χ2n) is 4.88. The first-order chi connectivity index (χ1) is 8.59. The average molecular weight is 241 g/mol. The highest BCUT2D eigenvalue weighted by Crippen LogP contribution is 2.30. The summed E-state index contributed by atoms with van der Waals surface area (Å²) >= 11 is 0. The summed E-state index contributed by atoms with van der Waals surface area (Å²) in [6.45, 7) is 5.92. The fourth-order valence-corrected chi connectivity index (χ4v) is 2.37. The summed E-state index contributed by atoms with van der Waals surface area (Å²) in [7, 11) is 0. The van der Waals surface area contributed by atoms with E-state index in [0.717, 1.165) is 29.5 Å². The van der Waals surface area contributed by atoms with E-state index in [1.807, 2.05) is 25.1 Å². The Bertz CT molecular complexity index is 526. The molecule has 0 spiro atoms. The van der Waals surface area contributed by atoms with Gasteiger partial charge in [0.25, 0.3) is 0 Å². The molecular weight excluding hydrogens is 222 g/mol. The highest BCUT2D eigenvalue weighted by atomic mass is 16.1. The summed E-state index contributed by atoms with van der Waals surface area (Å²) < 4.78 is 0. The predicted molar refractivity (Wildman–Crippen MR) is 76.1 cm³/mol. The summed E-state index contributed by atoms with van der Waals surface area (Å²) in [5.41, 5.74) is 10.4. The fourth-order valence-electron chi connectivity index (χ4n) is 2.37. The molecule has 0 aromatic heterocycles. The molecule has 0 heterocycles. The lowest BCUT2D eigenvalue weighted by atomic mass is 9.88. The third-order valence-electron chi connectivity index (χ3n) is 3.41. The summed E-state index contributed by atoms with van der Waals surface area (Å²) in [5, 5.41) is 0. The second kappa shape index (κ2) is 5.21. The monoisotopic (exact) mass is 241 g/mol. The van der Waals surface area contributed by atoms with Crippen LogP contribution in [0.5, 0.6) is 0 Å². The largest absolute Gasteiger partial charge is 0.366 e. The number of amides is 1. The maximum atomic E-state index is 11.5. The standard InChI is InChI=1S/C16H19NO/c1-11(2)13-8-9-14(16(17)18)15(10-13)12-6-4-3-5-7-12/h6,8-10H,1,3-5,7H2,2H3,(H2,17,18). The lowest BCUT2D eigenvalue weighted by Crippen LogP contribution is -2.14. The molecule has 0 radical (unpaired) electrons. The number of primary amides is 1. The van der Waals surface area contributed by atoms with E-state index in [9.17, 15) is 4.79 Å². The minimum absolute atomic E-state index is 0.357. The Morgan fingerprint density at radius 3 is 2.67 bits per heavy atom.